The second kappa shape index (κ2) is 8.39. The normalized spacial score (nSPS) is 12.4. The maximum absolute atomic E-state index is 13.2. The molecule has 0 atom stereocenters. The third-order valence-electron chi connectivity index (χ3n) is 5.29. The number of anilines is 1. The van der Waals surface area contributed by atoms with Crippen molar-refractivity contribution in [3.8, 4) is 11.4 Å². The Kier molecular flexibility index (Phi) is 5.14. The van der Waals surface area contributed by atoms with E-state index in [1.165, 1.54) is 0 Å². The van der Waals surface area contributed by atoms with Crippen LogP contribution >= 0.6 is 0 Å². The molecule has 0 saturated carbocycles. The molecule has 0 bridgehead atoms. The van der Waals surface area contributed by atoms with E-state index in [-0.39, 0.29) is 5.91 Å². The summed E-state index contributed by atoms with van der Waals surface area (Å²) in [7, 11) is 0. The van der Waals surface area contributed by atoms with E-state index in [9.17, 15) is 4.79 Å². The molecule has 7 heteroatoms. The number of carbonyl (C=O) groups excluding carboxylic acids is 1. The summed E-state index contributed by atoms with van der Waals surface area (Å²) in [5, 5.41) is 7.54. The number of fused-ring (bicyclic) bond motifs is 1. The number of para-hydroxylation sites is 1. The Morgan fingerprint density at radius 1 is 1.00 bits per heavy atom. The van der Waals surface area contributed by atoms with Crippen LogP contribution in [0.3, 0.4) is 0 Å². The van der Waals surface area contributed by atoms with Crippen molar-refractivity contribution < 1.29 is 9.53 Å². The van der Waals surface area contributed by atoms with Crippen molar-refractivity contribution >= 4 is 11.7 Å². The maximum Gasteiger partial charge on any atom is 0.277 e. The molecule has 1 aromatic carbocycles. The van der Waals surface area contributed by atoms with E-state index in [1.807, 2.05) is 47.1 Å². The number of carbonyl (C=O) groups is 1. The van der Waals surface area contributed by atoms with Crippen LogP contribution in [-0.4, -0.2) is 25.7 Å². The summed E-state index contributed by atoms with van der Waals surface area (Å²) in [6.45, 7) is 0.356. The van der Waals surface area contributed by atoms with Crippen molar-refractivity contribution in [3.63, 3.8) is 0 Å². The van der Waals surface area contributed by atoms with Crippen molar-refractivity contribution in [2.24, 2.45) is 0 Å². The minimum Gasteiger partial charge on any atom is -0.485 e. The molecule has 0 spiro atoms. The molecule has 0 fully saturated rings. The van der Waals surface area contributed by atoms with Gasteiger partial charge in [-0.15, -0.1) is 0 Å². The Bertz CT molecular complexity index is 1210. The van der Waals surface area contributed by atoms with Gasteiger partial charge < -0.3 is 10.1 Å². The van der Waals surface area contributed by atoms with Crippen LogP contribution in [0.4, 0.5) is 5.82 Å². The number of pyridine rings is 2. The highest BCUT2D eigenvalue weighted by Crippen LogP contribution is 2.29. The van der Waals surface area contributed by atoms with Crippen molar-refractivity contribution in [2.75, 3.05) is 5.32 Å². The van der Waals surface area contributed by atoms with Gasteiger partial charge in [0.15, 0.2) is 17.3 Å². The predicted molar refractivity (Wildman–Crippen MR) is 116 cm³/mol. The number of hydrogen-bond donors (Lipinski definition) is 1. The average Bonchev–Trinajstić information content (AvgIpc) is 3.43. The first kappa shape index (κ1) is 19.0. The van der Waals surface area contributed by atoms with Crippen LogP contribution < -0.4 is 10.1 Å². The van der Waals surface area contributed by atoms with Gasteiger partial charge in [-0.3, -0.25) is 9.78 Å². The lowest BCUT2D eigenvalue weighted by molar-refractivity contribution is 0.102. The molecule has 3 heterocycles. The van der Waals surface area contributed by atoms with Gasteiger partial charge in [-0.1, -0.05) is 18.2 Å². The molecule has 0 radical (unpaired) electrons. The number of aromatic nitrogens is 4. The van der Waals surface area contributed by atoms with Gasteiger partial charge in [-0.2, -0.15) is 5.10 Å². The molecule has 3 aromatic heterocycles. The largest absolute Gasteiger partial charge is 0.485 e. The van der Waals surface area contributed by atoms with Crippen LogP contribution in [0.15, 0.2) is 73.2 Å². The number of rotatable bonds is 6. The second-order valence-electron chi connectivity index (χ2n) is 7.32. The highest BCUT2D eigenvalue weighted by molar-refractivity contribution is 6.04. The zero-order chi connectivity index (χ0) is 21.0. The van der Waals surface area contributed by atoms with Gasteiger partial charge in [0.2, 0.25) is 0 Å². The van der Waals surface area contributed by atoms with Gasteiger partial charge >= 0.3 is 0 Å². The zero-order valence-electron chi connectivity index (χ0n) is 16.9. The molecule has 0 unspecified atom stereocenters. The first-order chi connectivity index (χ1) is 15.3. The zero-order valence-corrected chi connectivity index (χ0v) is 16.9. The van der Waals surface area contributed by atoms with Crippen LogP contribution in [0, 0.1) is 0 Å². The molecule has 0 saturated heterocycles. The molecular formula is C24H21N5O2. The topological polar surface area (TPSA) is 81.9 Å². The predicted octanol–water partition coefficient (Wildman–Crippen LogP) is 3.98. The van der Waals surface area contributed by atoms with E-state index < -0.39 is 0 Å². The molecule has 1 aliphatic rings. The van der Waals surface area contributed by atoms with Gasteiger partial charge in [-0.05, 0) is 61.2 Å². The van der Waals surface area contributed by atoms with Crippen LogP contribution in [0.1, 0.15) is 33.7 Å². The Hall–Kier alpha value is -4.00. The Labute approximate surface area is 179 Å². The van der Waals surface area contributed by atoms with Gasteiger partial charge in [0, 0.05) is 29.8 Å². The summed E-state index contributed by atoms with van der Waals surface area (Å²) >= 11 is 0. The molecular weight excluding hydrogens is 390 g/mol. The Balaban J connectivity index is 1.39. The molecule has 154 valence electrons. The fourth-order valence-electron chi connectivity index (χ4n) is 3.81. The van der Waals surface area contributed by atoms with E-state index >= 15 is 0 Å². The van der Waals surface area contributed by atoms with Crippen LogP contribution in [0.2, 0.25) is 0 Å². The lowest BCUT2D eigenvalue weighted by Crippen LogP contribution is -2.16. The molecule has 1 amide bonds. The van der Waals surface area contributed by atoms with E-state index in [0.717, 1.165) is 41.8 Å². The SMILES string of the molecule is O=C(Nc1ncccc1OCc1ccncc1)c1nn(-c2ccccc2)c2c1CCC2. The van der Waals surface area contributed by atoms with E-state index in [4.69, 9.17) is 4.74 Å². The number of ether oxygens (including phenoxy) is 1. The summed E-state index contributed by atoms with van der Waals surface area (Å²) < 4.78 is 7.78. The monoisotopic (exact) mass is 411 g/mol. The summed E-state index contributed by atoms with van der Waals surface area (Å²) in [5.41, 5.74) is 4.50. The molecule has 31 heavy (non-hydrogen) atoms. The van der Waals surface area contributed by atoms with Crippen LogP contribution in [0.25, 0.3) is 5.69 Å². The van der Waals surface area contributed by atoms with Crippen molar-refractivity contribution in [3.05, 3.63) is 95.7 Å². The number of nitrogens with one attached hydrogen (secondary N) is 1. The minimum absolute atomic E-state index is 0.278. The van der Waals surface area contributed by atoms with Gasteiger partial charge in [0.05, 0.1) is 5.69 Å². The highest BCUT2D eigenvalue weighted by Gasteiger charge is 2.27. The third kappa shape index (κ3) is 3.90. The molecule has 1 N–H and O–H groups in total. The second-order valence-corrected chi connectivity index (χ2v) is 7.32. The fourth-order valence-corrected chi connectivity index (χ4v) is 3.81. The van der Waals surface area contributed by atoms with Crippen LogP contribution in [0.5, 0.6) is 5.75 Å². The summed E-state index contributed by atoms with van der Waals surface area (Å²) in [6, 6.07) is 17.2. The smallest absolute Gasteiger partial charge is 0.277 e. The summed E-state index contributed by atoms with van der Waals surface area (Å²) in [4.78, 5) is 21.5. The van der Waals surface area contributed by atoms with Gasteiger partial charge in [0.25, 0.3) is 5.91 Å². The fraction of sp³-hybridized carbons (Fsp3) is 0.167. The molecule has 5 rings (SSSR count). The maximum atomic E-state index is 13.2. The van der Waals surface area contributed by atoms with E-state index in [0.29, 0.717) is 23.9 Å². The van der Waals surface area contributed by atoms with Crippen molar-refractivity contribution in [1.29, 1.82) is 0 Å². The minimum atomic E-state index is -0.278. The quantitative estimate of drug-likeness (QED) is 0.519. The first-order valence-electron chi connectivity index (χ1n) is 10.2. The standard InChI is InChI=1S/C24H21N5O2/c30-24(22-19-8-4-9-20(19)29(28-22)18-6-2-1-3-7-18)27-23-21(10-5-13-26-23)31-16-17-11-14-25-15-12-17/h1-3,5-7,10-15H,4,8-9,16H2,(H,26,27,30). The number of nitrogens with zero attached hydrogens (tertiary/aromatic N) is 4. The Morgan fingerprint density at radius 2 is 1.84 bits per heavy atom. The van der Waals surface area contributed by atoms with E-state index in [1.54, 1.807) is 30.7 Å². The number of hydrogen-bond acceptors (Lipinski definition) is 5. The van der Waals surface area contributed by atoms with Crippen molar-refractivity contribution in [1.82, 2.24) is 19.7 Å². The number of benzene rings is 1. The average molecular weight is 411 g/mol. The van der Waals surface area contributed by atoms with Gasteiger partial charge in [-0.25, -0.2) is 9.67 Å². The molecule has 4 aromatic rings. The van der Waals surface area contributed by atoms with E-state index in [2.05, 4.69) is 20.4 Å². The van der Waals surface area contributed by atoms with Crippen LogP contribution in [-0.2, 0) is 19.4 Å². The molecule has 7 nitrogen and oxygen atoms in total. The molecule has 0 aliphatic heterocycles. The van der Waals surface area contributed by atoms with Crippen molar-refractivity contribution in [2.45, 2.75) is 25.9 Å². The summed E-state index contributed by atoms with van der Waals surface area (Å²) in [6.07, 6.45) is 7.83. The van der Waals surface area contributed by atoms with Gasteiger partial charge in [0.1, 0.15) is 6.61 Å². The lowest BCUT2D eigenvalue weighted by atomic mass is 10.2. The highest BCUT2D eigenvalue weighted by atomic mass is 16.5. The Morgan fingerprint density at radius 3 is 2.68 bits per heavy atom. The summed E-state index contributed by atoms with van der Waals surface area (Å²) in [5.74, 6) is 0.606. The molecule has 1 aliphatic carbocycles. The first-order valence-corrected chi connectivity index (χ1v) is 10.2. The number of amides is 1. The third-order valence-corrected chi connectivity index (χ3v) is 5.29. The lowest BCUT2D eigenvalue weighted by Gasteiger charge is -2.11.